The molecular weight excluding hydrogens is 326 g/mol. The highest BCUT2D eigenvalue weighted by atomic mass is 35.5. The summed E-state index contributed by atoms with van der Waals surface area (Å²) in [6.45, 7) is 2.96. The number of fused-ring (bicyclic) bond motifs is 1. The average molecular weight is 346 g/mol. The molecule has 2 aromatic carbocycles. The van der Waals surface area contributed by atoms with Crippen molar-refractivity contribution in [3.05, 3.63) is 58.6 Å². The smallest absolute Gasteiger partial charge is 0.220 e. The van der Waals surface area contributed by atoms with Gasteiger partial charge in [0.15, 0.2) is 11.5 Å². The van der Waals surface area contributed by atoms with Gasteiger partial charge in [-0.25, -0.2) is 0 Å². The van der Waals surface area contributed by atoms with Crippen molar-refractivity contribution in [1.82, 2.24) is 5.32 Å². The van der Waals surface area contributed by atoms with Crippen LogP contribution in [0.4, 0.5) is 0 Å². The number of benzene rings is 2. The highest BCUT2D eigenvalue weighted by Crippen LogP contribution is 2.37. The molecule has 0 aromatic heterocycles. The van der Waals surface area contributed by atoms with E-state index in [0.717, 1.165) is 11.1 Å². The summed E-state index contributed by atoms with van der Waals surface area (Å²) in [5.74, 6) is 1.32. The van der Waals surface area contributed by atoms with Gasteiger partial charge in [0, 0.05) is 17.5 Å². The zero-order valence-corrected chi connectivity index (χ0v) is 14.3. The van der Waals surface area contributed by atoms with E-state index in [1.807, 2.05) is 43.3 Å². The second-order valence-electron chi connectivity index (χ2n) is 5.79. The van der Waals surface area contributed by atoms with Crippen LogP contribution in [-0.2, 0) is 11.2 Å². The average Bonchev–Trinajstić information content (AvgIpc) is 2.60. The first-order valence-corrected chi connectivity index (χ1v) is 8.43. The Morgan fingerprint density at radius 1 is 1.17 bits per heavy atom. The van der Waals surface area contributed by atoms with Crippen LogP contribution >= 0.6 is 11.6 Å². The maximum Gasteiger partial charge on any atom is 0.220 e. The molecule has 0 spiro atoms. The number of carbonyl (C=O) groups is 1. The SMILES string of the molecule is C[C@@H](NC(=O)CCc1ccccc1)c1cc2c(cc1Cl)OCCO2. The molecule has 2 aromatic rings. The van der Waals surface area contributed by atoms with E-state index in [1.54, 1.807) is 6.07 Å². The normalized spacial score (nSPS) is 14.1. The second-order valence-corrected chi connectivity index (χ2v) is 6.20. The Kier molecular flexibility index (Phi) is 5.26. The van der Waals surface area contributed by atoms with Crippen LogP contribution in [0.1, 0.15) is 30.5 Å². The number of amides is 1. The number of nitrogens with one attached hydrogen (secondary N) is 1. The summed E-state index contributed by atoms with van der Waals surface area (Å²) in [4.78, 5) is 12.2. The Morgan fingerprint density at radius 2 is 1.83 bits per heavy atom. The molecule has 5 heteroatoms. The molecular formula is C19H20ClNO3. The molecule has 1 atom stereocenters. The molecule has 0 aliphatic carbocycles. The maximum atomic E-state index is 12.2. The number of halogens is 1. The van der Waals surface area contributed by atoms with Crippen molar-refractivity contribution in [2.75, 3.05) is 13.2 Å². The maximum absolute atomic E-state index is 12.2. The number of rotatable bonds is 5. The van der Waals surface area contributed by atoms with Crippen molar-refractivity contribution in [3.63, 3.8) is 0 Å². The summed E-state index contributed by atoms with van der Waals surface area (Å²) in [6, 6.07) is 13.4. The van der Waals surface area contributed by atoms with Crippen LogP contribution < -0.4 is 14.8 Å². The van der Waals surface area contributed by atoms with E-state index in [1.165, 1.54) is 0 Å². The molecule has 0 radical (unpaired) electrons. The molecule has 0 bridgehead atoms. The van der Waals surface area contributed by atoms with Crippen molar-refractivity contribution in [2.24, 2.45) is 0 Å². The van der Waals surface area contributed by atoms with Gasteiger partial charge in [-0.2, -0.15) is 0 Å². The van der Waals surface area contributed by atoms with E-state index in [9.17, 15) is 4.79 Å². The van der Waals surface area contributed by atoms with Gasteiger partial charge in [0.25, 0.3) is 0 Å². The van der Waals surface area contributed by atoms with Crippen molar-refractivity contribution in [2.45, 2.75) is 25.8 Å². The topological polar surface area (TPSA) is 47.6 Å². The Morgan fingerprint density at radius 3 is 2.54 bits per heavy atom. The molecule has 1 aliphatic heterocycles. The summed E-state index contributed by atoms with van der Waals surface area (Å²) in [7, 11) is 0. The van der Waals surface area contributed by atoms with Gasteiger partial charge in [-0.05, 0) is 30.5 Å². The summed E-state index contributed by atoms with van der Waals surface area (Å²) in [6.07, 6.45) is 1.16. The molecule has 1 aliphatic rings. The van der Waals surface area contributed by atoms with Crippen LogP contribution in [0.15, 0.2) is 42.5 Å². The van der Waals surface area contributed by atoms with Gasteiger partial charge in [0.05, 0.1) is 6.04 Å². The van der Waals surface area contributed by atoms with Gasteiger partial charge in [-0.3, -0.25) is 4.79 Å². The molecule has 0 saturated heterocycles. The molecule has 4 nitrogen and oxygen atoms in total. The van der Waals surface area contributed by atoms with Crippen LogP contribution in [-0.4, -0.2) is 19.1 Å². The summed E-state index contributed by atoms with van der Waals surface area (Å²) in [5, 5.41) is 3.56. The zero-order chi connectivity index (χ0) is 16.9. The van der Waals surface area contributed by atoms with Gasteiger partial charge in [0.2, 0.25) is 5.91 Å². The van der Waals surface area contributed by atoms with Gasteiger partial charge in [-0.15, -0.1) is 0 Å². The van der Waals surface area contributed by atoms with E-state index in [2.05, 4.69) is 5.32 Å². The van der Waals surface area contributed by atoms with Crippen LogP contribution in [0.3, 0.4) is 0 Å². The fourth-order valence-corrected chi connectivity index (χ4v) is 3.02. The second kappa shape index (κ2) is 7.58. The van der Waals surface area contributed by atoms with Crippen LogP contribution in [0.2, 0.25) is 5.02 Å². The molecule has 24 heavy (non-hydrogen) atoms. The minimum atomic E-state index is -0.198. The third-order valence-corrected chi connectivity index (χ3v) is 4.32. The van der Waals surface area contributed by atoms with Crippen molar-refractivity contribution in [1.29, 1.82) is 0 Å². The lowest BCUT2D eigenvalue weighted by molar-refractivity contribution is -0.121. The number of carbonyl (C=O) groups excluding carboxylic acids is 1. The Balaban J connectivity index is 1.62. The zero-order valence-electron chi connectivity index (χ0n) is 13.5. The van der Waals surface area contributed by atoms with Gasteiger partial charge >= 0.3 is 0 Å². The number of aryl methyl sites for hydroxylation is 1. The van der Waals surface area contributed by atoms with E-state index in [-0.39, 0.29) is 11.9 Å². The van der Waals surface area contributed by atoms with Crippen LogP contribution in [0.25, 0.3) is 0 Å². The van der Waals surface area contributed by atoms with E-state index in [4.69, 9.17) is 21.1 Å². The third-order valence-electron chi connectivity index (χ3n) is 3.99. The summed E-state index contributed by atoms with van der Waals surface area (Å²) < 4.78 is 11.1. The van der Waals surface area contributed by atoms with Crippen molar-refractivity contribution >= 4 is 17.5 Å². The predicted octanol–water partition coefficient (Wildman–Crippen LogP) is 3.92. The van der Waals surface area contributed by atoms with Crippen LogP contribution in [0, 0.1) is 0 Å². The minimum absolute atomic E-state index is 0.00249. The van der Waals surface area contributed by atoms with Crippen molar-refractivity contribution < 1.29 is 14.3 Å². The lowest BCUT2D eigenvalue weighted by atomic mass is 10.1. The standard InChI is InChI=1S/C19H20ClNO3/c1-13(21-19(22)8-7-14-5-3-2-4-6-14)15-11-17-18(12-16(15)20)24-10-9-23-17/h2-6,11-13H,7-10H2,1H3,(H,21,22)/t13-/m1/s1. The molecule has 0 fully saturated rings. The first-order chi connectivity index (χ1) is 11.6. The first kappa shape index (κ1) is 16.7. The summed E-state index contributed by atoms with van der Waals surface area (Å²) >= 11 is 6.33. The summed E-state index contributed by atoms with van der Waals surface area (Å²) in [5.41, 5.74) is 1.98. The Bertz CT molecular complexity index is 718. The van der Waals surface area contributed by atoms with E-state index in [0.29, 0.717) is 42.6 Å². The predicted molar refractivity (Wildman–Crippen MR) is 93.8 cm³/mol. The van der Waals surface area contributed by atoms with Crippen LogP contribution in [0.5, 0.6) is 11.5 Å². The Hall–Kier alpha value is -2.20. The largest absolute Gasteiger partial charge is 0.486 e. The molecule has 0 unspecified atom stereocenters. The molecule has 1 heterocycles. The Labute approximate surface area is 146 Å². The van der Waals surface area contributed by atoms with Gasteiger partial charge in [0.1, 0.15) is 13.2 Å². The van der Waals surface area contributed by atoms with Gasteiger partial charge in [-0.1, -0.05) is 41.9 Å². The quantitative estimate of drug-likeness (QED) is 0.893. The van der Waals surface area contributed by atoms with E-state index >= 15 is 0 Å². The first-order valence-electron chi connectivity index (χ1n) is 8.06. The molecule has 1 amide bonds. The van der Waals surface area contributed by atoms with E-state index < -0.39 is 0 Å². The molecule has 3 rings (SSSR count). The minimum Gasteiger partial charge on any atom is -0.486 e. The monoisotopic (exact) mass is 345 g/mol. The fraction of sp³-hybridized carbons (Fsp3) is 0.316. The highest BCUT2D eigenvalue weighted by Gasteiger charge is 2.19. The number of ether oxygens (including phenoxy) is 2. The third kappa shape index (κ3) is 4.01. The molecule has 1 N–H and O–H groups in total. The van der Waals surface area contributed by atoms with Gasteiger partial charge < -0.3 is 14.8 Å². The number of hydrogen-bond acceptors (Lipinski definition) is 3. The lowest BCUT2D eigenvalue weighted by Gasteiger charge is -2.22. The molecule has 126 valence electrons. The highest BCUT2D eigenvalue weighted by molar-refractivity contribution is 6.31. The fourth-order valence-electron chi connectivity index (χ4n) is 2.71. The molecule has 0 saturated carbocycles. The lowest BCUT2D eigenvalue weighted by Crippen LogP contribution is -2.27. The van der Waals surface area contributed by atoms with Crippen molar-refractivity contribution in [3.8, 4) is 11.5 Å². The number of hydrogen-bond donors (Lipinski definition) is 1.